The zero-order valence-electron chi connectivity index (χ0n) is 6.33. The van der Waals surface area contributed by atoms with Crippen molar-refractivity contribution in [2.75, 3.05) is 0 Å². The fourth-order valence-corrected chi connectivity index (χ4v) is 0.955. The first-order valence-corrected chi connectivity index (χ1v) is 3.40. The Hall–Kier alpha value is -1.07. The van der Waals surface area contributed by atoms with Gasteiger partial charge in [-0.05, 0) is 6.92 Å². The molecular weight excluding hydrogens is 173 g/mol. The summed E-state index contributed by atoms with van der Waals surface area (Å²) in [5.41, 5.74) is 0. The van der Waals surface area contributed by atoms with Crippen molar-refractivity contribution in [3.05, 3.63) is 0 Å². The summed E-state index contributed by atoms with van der Waals surface area (Å²) in [6.45, 7) is 1.52. The van der Waals surface area contributed by atoms with Crippen molar-refractivity contribution in [2.24, 2.45) is 0 Å². The molecule has 0 saturated carbocycles. The molecule has 1 unspecified atom stereocenters. The maximum absolute atomic E-state index is 12.0. The maximum atomic E-state index is 12.0. The van der Waals surface area contributed by atoms with Crippen LogP contribution in [0, 0.1) is 0 Å². The van der Waals surface area contributed by atoms with Gasteiger partial charge in [0.25, 0.3) is 0 Å². The number of amidine groups is 1. The maximum Gasteiger partial charge on any atom is 0.494 e. The third-order valence-electron chi connectivity index (χ3n) is 1.43. The van der Waals surface area contributed by atoms with Crippen LogP contribution in [0.25, 0.3) is 0 Å². The highest BCUT2D eigenvalue weighted by molar-refractivity contribution is 5.99. The van der Waals surface area contributed by atoms with Gasteiger partial charge in [-0.15, -0.1) is 0 Å². The summed E-state index contributed by atoms with van der Waals surface area (Å²) in [7, 11) is 0. The molecule has 0 saturated heterocycles. The zero-order valence-corrected chi connectivity index (χ0v) is 6.33. The summed E-state index contributed by atoms with van der Waals surface area (Å²) in [4.78, 5) is 12.8. The molecule has 0 aromatic rings. The first-order valence-electron chi connectivity index (χ1n) is 3.40. The smallest absolute Gasteiger partial charge is 0.267 e. The van der Waals surface area contributed by atoms with E-state index >= 15 is 0 Å². The minimum atomic E-state index is -4.50. The lowest BCUT2D eigenvalue weighted by Gasteiger charge is -2.13. The molecule has 1 amide bonds. The summed E-state index contributed by atoms with van der Waals surface area (Å²) < 4.78 is 35.9. The van der Waals surface area contributed by atoms with E-state index in [9.17, 15) is 18.0 Å². The second-order valence-corrected chi connectivity index (χ2v) is 2.67. The molecule has 1 heterocycles. The van der Waals surface area contributed by atoms with Gasteiger partial charge in [0.05, 0.1) is 6.42 Å². The van der Waals surface area contributed by atoms with E-state index in [0.717, 1.165) is 0 Å². The van der Waals surface area contributed by atoms with Crippen molar-refractivity contribution in [3.8, 4) is 0 Å². The van der Waals surface area contributed by atoms with Crippen LogP contribution >= 0.6 is 0 Å². The lowest BCUT2D eigenvalue weighted by Crippen LogP contribution is -2.87. The second-order valence-electron chi connectivity index (χ2n) is 2.67. The molecular formula is C6H8F3N2O+. The number of carbonyl (C=O) groups is 1. The summed E-state index contributed by atoms with van der Waals surface area (Å²) in [5.74, 6) is -1.67. The molecule has 0 spiro atoms. The third-order valence-corrected chi connectivity index (χ3v) is 1.43. The summed E-state index contributed by atoms with van der Waals surface area (Å²) >= 11 is 0. The number of rotatable bonds is 0. The first-order chi connectivity index (χ1) is 5.39. The summed E-state index contributed by atoms with van der Waals surface area (Å²) in [6.07, 6.45) is -4.43. The monoisotopic (exact) mass is 181 g/mol. The molecule has 1 aliphatic rings. The Morgan fingerprint density at radius 1 is 1.58 bits per heavy atom. The fraction of sp³-hybridized carbons (Fsp3) is 0.667. The van der Waals surface area contributed by atoms with Crippen molar-refractivity contribution >= 4 is 11.7 Å². The number of carbonyl (C=O) groups excluding carboxylic acids is 1. The topological polar surface area (TPSA) is 43.1 Å². The SMILES string of the molecule is CC1CC(=O)NC(C(F)(F)F)=[NH+]1. The van der Waals surface area contributed by atoms with Crippen LogP contribution < -0.4 is 10.3 Å². The Labute approximate surface area is 66.7 Å². The van der Waals surface area contributed by atoms with Gasteiger partial charge in [0.1, 0.15) is 6.04 Å². The van der Waals surface area contributed by atoms with Crippen molar-refractivity contribution in [2.45, 2.75) is 25.6 Å². The van der Waals surface area contributed by atoms with E-state index < -0.39 is 24.0 Å². The van der Waals surface area contributed by atoms with E-state index in [1.807, 2.05) is 0 Å². The van der Waals surface area contributed by atoms with E-state index in [0.29, 0.717) is 0 Å². The number of amides is 1. The molecule has 0 aromatic heterocycles. The van der Waals surface area contributed by atoms with Gasteiger partial charge in [-0.2, -0.15) is 13.2 Å². The van der Waals surface area contributed by atoms with Crippen LogP contribution in [0.5, 0.6) is 0 Å². The molecule has 0 fully saturated rings. The quantitative estimate of drug-likeness (QED) is 0.491. The first kappa shape index (κ1) is 9.02. The van der Waals surface area contributed by atoms with Gasteiger partial charge in [0.2, 0.25) is 0 Å². The predicted octanol–water partition coefficient (Wildman–Crippen LogP) is -1.06. The Balaban J connectivity index is 2.84. The van der Waals surface area contributed by atoms with Gasteiger partial charge in [0.15, 0.2) is 0 Å². The molecule has 2 N–H and O–H groups in total. The van der Waals surface area contributed by atoms with Gasteiger partial charge >= 0.3 is 17.9 Å². The highest BCUT2D eigenvalue weighted by atomic mass is 19.4. The van der Waals surface area contributed by atoms with E-state index in [1.165, 1.54) is 6.92 Å². The Kier molecular flexibility index (Phi) is 2.08. The summed E-state index contributed by atoms with van der Waals surface area (Å²) in [5, 5.41) is 1.73. The lowest BCUT2D eigenvalue weighted by atomic mass is 10.2. The molecule has 0 aromatic carbocycles. The van der Waals surface area contributed by atoms with Crippen LogP contribution in [0.15, 0.2) is 0 Å². The third kappa shape index (κ3) is 1.96. The van der Waals surface area contributed by atoms with E-state index in [1.54, 1.807) is 5.32 Å². The van der Waals surface area contributed by atoms with Crippen LogP contribution in [0.2, 0.25) is 0 Å². The van der Waals surface area contributed by atoms with Crippen molar-refractivity contribution in [3.63, 3.8) is 0 Å². The minimum Gasteiger partial charge on any atom is -0.267 e. The molecule has 6 heteroatoms. The molecule has 0 bridgehead atoms. The van der Waals surface area contributed by atoms with Gasteiger partial charge in [-0.1, -0.05) is 0 Å². The molecule has 1 atom stereocenters. The number of hydrogen-bond acceptors (Lipinski definition) is 1. The van der Waals surface area contributed by atoms with Crippen molar-refractivity contribution < 1.29 is 23.0 Å². The van der Waals surface area contributed by atoms with Crippen LogP contribution in [0.3, 0.4) is 0 Å². The molecule has 68 valence electrons. The fourth-order valence-electron chi connectivity index (χ4n) is 0.955. The Morgan fingerprint density at radius 2 is 2.17 bits per heavy atom. The Morgan fingerprint density at radius 3 is 2.58 bits per heavy atom. The van der Waals surface area contributed by atoms with Gasteiger partial charge in [-0.25, -0.2) is 10.1 Å². The number of nitrogens with one attached hydrogen (secondary N) is 2. The van der Waals surface area contributed by atoms with Gasteiger partial charge in [0, 0.05) is 0 Å². The average molecular weight is 181 g/mol. The van der Waals surface area contributed by atoms with E-state index in [4.69, 9.17) is 0 Å². The van der Waals surface area contributed by atoms with Crippen molar-refractivity contribution in [1.82, 2.24) is 5.32 Å². The second kappa shape index (κ2) is 2.76. The van der Waals surface area contributed by atoms with Gasteiger partial charge in [-0.3, -0.25) is 4.99 Å². The molecule has 1 aliphatic heterocycles. The molecule has 0 radical (unpaired) electrons. The molecule has 3 nitrogen and oxygen atoms in total. The number of alkyl halides is 3. The molecule has 1 rings (SSSR count). The summed E-state index contributed by atoms with van der Waals surface area (Å²) in [6, 6.07) is -0.463. The average Bonchev–Trinajstić information content (AvgIpc) is 1.82. The van der Waals surface area contributed by atoms with Crippen LogP contribution in [0.1, 0.15) is 13.3 Å². The van der Waals surface area contributed by atoms with Gasteiger partial charge < -0.3 is 0 Å². The molecule has 12 heavy (non-hydrogen) atoms. The van der Waals surface area contributed by atoms with E-state index in [-0.39, 0.29) is 6.42 Å². The largest absolute Gasteiger partial charge is 0.494 e. The highest BCUT2D eigenvalue weighted by Gasteiger charge is 2.45. The molecule has 0 aliphatic carbocycles. The zero-order chi connectivity index (χ0) is 9.35. The number of halogens is 3. The van der Waals surface area contributed by atoms with E-state index in [2.05, 4.69) is 4.99 Å². The number of hydrogen-bond donors (Lipinski definition) is 2. The van der Waals surface area contributed by atoms with Crippen molar-refractivity contribution in [1.29, 1.82) is 0 Å². The Bertz CT molecular complexity index is 233. The predicted molar refractivity (Wildman–Crippen MR) is 34.2 cm³/mol. The normalized spacial score (nSPS) is 24.8. The van der Waals surface area contributed by atoms with Crippen LogP contribution in [-0.4, -0.2) is 24.0 Å². The highest BCUT2D eigenvalue weighted by Crippen LogP contribution is 2.13. The van der Waals surface area contributed by atoms with Crippen LogP contribution in [-0.2, 0) is 4.79 Å². The lowest BCUT2D eigenvalue weighted by molar-refractivity contribution is -0.510. The van der Waals surface area contributed by atoms with Crippen LogP contribution in [0.4, 0.5) is 13.2 Å². The minimum absolute atomic E-state index is 0.0690. The standard InChI is InChI=1S/C6H7F3N2O/c1-3-2-4(12)11-5(10-3)6(7,8)9/h3H,2H2,1H3,(H,10,11,12)/p+1.